The van der Waals surface area contributed by atoms with Crippen LogP contribution in [0.4, 0.5) is 0 Å². The summed E-state index contributed by atoms with van der Waals surface area (Å²) in [4.78, 5) is 29.3. The maximum Gasteiger partial charge on any atom is 0.251 e. The first kappa shape index (κ1) is 20.6. The first-order valence-electron chi connectivity index (χ1n) is 9.27. The average molecular weight is 367 g/mol. The van der Waals surface area contributed by atoms with Crippen LogP contribution in [-0.4, -0.2) is 22.8 Å². The van der Waals surface area contributed by atoms with Crippen LogP contribution >= 0.6 is 0 Å². The van der Waals surface area contributed by atoms with Crippen molar-refractivity contribution >= 4 is 11.8 Å². The molecule has 5 nitrogen and oxygen atoms in total. The number of hydrogen-bond donors (Lipinski definition) is 2. The summed E-state index contributed by atoms with van der Waals surface area (Å²) in [6.45, 7) is 10.5. The Labute approximate surface area is 161 Å². The van der Waals surface area contributed by atoms with Gasteiger partial charge in [0.05, 0.1) is 12.2 Å². The number of rotatable bonds is 6. The summed E-state index contributed by atoms with van der Waals surface area (Å²) in [5.41, 5.74) is 2.51. The summed E-state index contributed by atoms with van der Waals surface area (Å²) in [5, 5.41) is 5.71. The highest BCUT2D eigenvalue weighted by atomic mass is 16.2. The lowest BCUT2D eigenvalue weighted by Gasteiger charge is -2.22. The molecule has 27 heavy (non-hydrogen) atoms. The molecule has 0 saturated carbocycles. The van der Waals surface area contributed by atoms with Crippen LogP contribution in [0.1, 0.15) is 56.2 Å². The molecule has 2 amide bonds. The lowest BCUT2D eigenvalue weighted by molar-refractivity contribution is -0.124. The summed E-state index contributed by atoms with van der Waals surface area (Å²) in [6, 6.07) is 12.5. The highest BCUT2D eigenvalue weighted by molar-refractivity contribution is 5.97. The average Bonchev–Trinajstić information content (AvgIpc) is 2.64. The van der Waals surface area contributed by atoms with Crippen molar-refractivity contribution in [3.63, 3.8) is 0 Å². The van der Waals surface area contributed by atoms with Crippen molar-refractivity contribution < 1.29 is 9.59 Å². The Bertz CT molecular complexity index is 762. The fraction of sp³-hybridized carbons (Fsp3) is 0.409. The van der Waals surface area contributed by atoms with E-state index < -0.39 is 6.04 Å². The zero-order chi connectivity index (χ0) is 20.0. The minimum Gasteiger partial charge on any atom is -0.349 e. The molecule has 2 aromatic rings. The lowest BCUT2D eigenvalue weighted by Crippen LogP contribution is -2.49. The Kier molecular flexibility index (Phi) is 6.72. The Morgan fingerprint density at radius 3 is 2.22 bits per heavy atom. The normalized spacial score (nSPS) is 12.5. The van der Waals surface area contributed by atoms with Gasteiger partial charge in [-0.15, -0.1) is 0 Å². The van der Waals surface area contributed by atoms with Crippen molar-refractivity contribution in [2.24, 2.45) is 5.92 Å². The van der Waals surface area contributed by atoms with Gasteiger partial charge in [0.1, 0.15) is 6.04 Å². The number of nitrogens with zero attached hydrogens (tertiary/aromatic N) is 1. The van der Waals surface area contributed by atoms with Crippen LogP contribution in [0.3, 0.4) is 0 Å². The number of hydrogen-bond acceptors (Lipinski definition) is 3. The molecule has 0 aliphatic carbocycles. The summed E-state index contributed by atoms with van der Waals surface area (Å²) < 4.78 is 0. The molecule has 0 spiro atoms. The molecule has 2 N–H and O–H groups in total. The van der Waals surface area contributed by atoms with Gasteiger partial charge in [-0.2, -0.15) is 0 Å². The number of amides is 2. The zero-order valence-corrected chi connectivity index (χ0v) is 16.7. The van der Waals surface area contributed by atoms with Crippen LogP contribution < -0.4 is 10.6 Å². The fourth-order valence-electron chi connectivity index (χ4n) is 2.67. The van der Waals surface area contributed by atoms with Crippen molar-refractivity contribution in [2.75, 3.05) is 0 Å². The van der Waals surface area contributed by atoms with Crippen LogP contribution in [0.15, 0.2) is 48.7 Å². The molecular formula is C22H29N3O2. The molecule has 5 heteroatoms. The summed E-state index contributed by atoms with van der Waals surface area (Å²) in [5.74, 6) is -0.496. The van der Waals surface area contributed by atoms with Crippen LogP contribution in [0.5, 0.6) is 0 Å². The molecule has 0 aliphatic heterocycles. The largest absolute Gasteiger partial charge is 0.349 e. The molecule has 144 valence electrons. The van der Waals surface area contributed by atoms with E-state index in [1.807, 2.05) is 44.2 Å². The van der Waals surface area contributed by atoms with Gasteiger partial charge in [0, 0.05) is 11.8 Å². The lowest BCUT2D eigenvalue weighted by atomic mass is 9.86. The van der Waals surface area contributed by atoms with Crippen LogP contribution in [-0.2, 0) is 16.8 Å². The third kappa shape index (κ3) is 5.91. The van der Waals surface area contributed by atoms with Crippen molar-refractivity contribution in [1.82, 2.24) is 15.6 Å². The minimum absolute atomic E-state index is 0.0286. The minimum atomic E-state index is -0.608. The molecule has 1 heterocycles. The maximum atomic E-state index is 12.6. The van der Waals surface area contributed by atoms with Crippen molar-refractivity contribution in [3.8, 4) is 0 Å². The van der Waals surface area contributed by atoms with E-state index >= 15 is 0 Å². The molecule has 2 rings (SSSR count). The maximum absolute atomic E-state index is 12.6. The smallest absolute Gasteiger partial charge is 0.251 e. The number of carbonyl (C=O) groups excluding carboxylic acids is 2. The van der Waals surface area contributed by atoms with Gasteiger partial charge < -0.3 is 10.6 Å². The summed E-state index contributed by atoms with van der Waals surface area (Å²) >= 11 is 0. The molecule has 1 aromatic carbocycles. The van der Waals surface area contributed by atoms with E-state index in [0.717, 1.165) is 11.3 Å². The molecule has 0 fully saturated rings. The molecule has 0 saturated heterocycles. The first-order valence-corrected chi connectivity index (χ1v) is 9.27. The molecule has 0 radical (unpaired) electrons. The number of pyridine rings is 1. The topological polar surface area (TPSA) is 71.1 Å². The van der Waals surface area contributed by atoms with Gasteiger partial charge in [-0.25, -0.2) is 0 Å². The predicted molar refractivity (Wildman–Crippen MR) is 107 cm³/mol. The Balaban J connectivity index is 2.02. The van der Waals surface area contributed by atoms with Gasteiger partial charge in [0.2, 0.25) is 5.91 Å². The SMILES string of the molecule is CC(C)[C@@H](NC(=O)c1ccc(C(C)(C)C)cc1)C(=O)NCc1ccccn1. The third-order valence-corrected chi connectivity index (χ3v) is 4.42. The van der Waals surface area contributed by atoms with E-state index in [2.05, 4.69) is 36.4 Å². The predicted octanol–water partition coefficient (Wildman–Crippen LogP) is 3.45. The van der Waals surface area contributed by atoms with Gasteiger partial charge in [-0.1, -0.05) is 52.8 Å². The molecular weight excluding hydrogens is 338 g/mol. The van der Waals surface area contributed by atoms with Gasteiger partial charge in [-0.3, -0.25) is 14.6 Å². The zero-order valence-electron chi connectivity index (χ0n) is 16.7. The number of aromatic nitrogens is 1. The second-order valence-corrected chi connectivity index (χ2v) is 8.06. The van der Waals surface area contributed by atoms with Gasteiger partial charge in [0.15, 0.2) is 0 Å². The van der Waals surface area contributed by atoms with Crippen LogP contribution in [0, 0.1) is 5.92 Å². The first-order chi connectivity index (χ1) is 12.7. The van der Waals surface area contributed by atoms with E-state index in [4.69, 9.17) is 0 Å². The van der Waals surface area contributed by atoms with Gasteiger partial charge in [0.25, 0.3) is 5.91 Å². The molecule has 1 aromatic heterocycles. The van der Waals surface area contributed by atoms with Crippen molar-refractivity contribution in [1.29, 1.82) is 0 Å². The Morgan fingerprint density at radius 2 is 1.70 bits per heavy atom. The van der Waals surface area contributed by atoms with E-state index in [0.29, 0.717) is 12.1 Å². The van der Waals surface area contributed by atoms with E-state index in [1.165, 1.54) is 0 Å². The van der Waals surface area contributed by atoms with E-state index in [1.54, 1.807) is 18.3 Å². The fourth-order valence-corrected chi connectivity index (χ4v) is 2.67. The second-order valence-electron chi connectivity index (χ2n) is 8.06. The highest BCUT2D eigenvalue weighted by Crippen LogP contribution is 2.22. The molecule has 0 unspecified atom stereocenters. The standard InChI is InChI=1S/C22H29N3O2/c1-15(2)19(21(27)24-14-18-8-6-7-13-23-18)25-20(26)16-9-11-17(12-10-16)22(3,4)5/h6-13,15,19H,14H2,1-5H3,(H,24,27)(H,25,26)/t19-/m1/s1. The van der Waals surface area contributed by atoms with Crippen LogP contribution in [0.2, 0.25) is 0 Å². The second kappa shape index (κ2) is 8.80. The molecule has 1 atom stereocenters. The van der Waals surface area contributed by atoms with Gasteiger partial charge >= 0.3 is 0 Å². The number of carbonyl (C=O) groups is 2. The highest BCUT2D eigenvalue weighted by Gasteiger charge is 2.24. The van der Waals surface area contributed by atoms with E-state index in [9.17, 15) is 9.59 Å². The monoisotopic (exact) mass is 367 g/mol. The summed E-state index contributed by atoms with van der Waals surface area (Å²) in [6.07, 6.45) is 1.68. The van der Waals surface area contributed by atoms with Gasteiger partial charge in [-0.05, 0) is 41.2 Å². The Hall–Kier alpha value is -2.69. The summed E-state index contributed by atoms with van der Waals surface area (Å²) in [7, 11) is 0. The molecule has 0 bridgehead atoms. The van der Waals surface area contributed by atoms with Crippen molar-refractivity contribution in [3.05, 3.63) is 65.5 Å². The number of benzene rings is 1. The number of nitrogens with one attached hydrogen (secondary N) is 2. The third-order valence-electron chi connectivity index (χ3n) is 4.42. The Morgan fingerprint density at radius 1 is 1.04 bits per heavy atom. The van der Waals surface area contributed by atoms with Crippen molar-refractivity contribution in [2.45, 2.75) is 52.6 Å². The molecule has 0 aliphatic rings. The van der Waals surface area contributed by atoms with Crippen LogP contribution in [0.25, 0.3) is 0 Å². The van der Waals surface area contributed by atoms with E-state index in [-0.39, 0.29) is 23.1 Å². The quantitative estimate of drug-likeness (QED) is 0.821.